The van der Waals surface area contributed by atoms with Crippen molar-refractivity contribution in [3.8, 4) is 0 Å². The summed E-state index contributed by atoms with van der Waals surface area (Å²) in [7, 11) is 0. The average Bonchev–Trinajstić information content (AvgIpc) is 3.00. The Morgan fingerprint density at radius 1 is 1.32 bits per heavy atom. The molecule has 3 rings (SSSR count). The van der Waals surface area contributed by atoms with E-state index in [1.54, 1.807) is 0 Å². The quantitative estimate of drug-likeness (QED) is 0.853. The lowest BCUT2D eigenvalue weighted by Crippen LogP contribution is -2.20. The first-order chi connectivity index (χ1) is 9.24. The molecule has 1 saturated carbocycles. The van der Waals surface area contributed by atoms with Crippen LogP contribution in [0.15, 0.2) is 0 Å². The molecule has 1 saturated heterocycles. The van der Waals surface area contributed by atoms with Crippen LogP contribution in [0.2, 0.25) is 0 Å². The number of hydrogen-bond donors (Lipinski definition) is 1. The molecule has 19 heavy (non-hydrogen) atoms. The highest BCUT2D eigenvalue weighted by Crippen LogP contribution is 2.20. The Balaban J connectivity index is 1.60. The SMILES string of the molecule is Cc1nn(CC2CCCO2)c(C)c1CCNC1CC1. The highest BCUT2D eigenvalue weighted by atomic mass is 16.5. The van der Waals surface area contributed by atoms with Crippen molar-refractivity contribution in [2.24, 2.45) is 0 Å². The van der Waals surface area contributed by atoms with Gasteiger partial charge in [-0.3, -0.25) is 4.68 Å². The maximum absolute atomic E-state index is 5.71. The summed E-state index contributed by atoms with van der Waals surface area (Å²) in [6.45, 7) is 7.25. The van der Waals surface area contributed by atoms with Crippen LogP contribution in [-0.2, 0) is 17.7 Å². The Kier molecular flexibility index (Phi) is 3.89. The molecule has 4 nitrogen and oxygen atoms in total. The first kappa shape index (κ1) is 13.1. The summed E-state index contributed by atoms with van der Waals surface area (Å²) in [6.07, 6.45) is 6.56. The summed E-state index contributed by atoms with van der Waals surface area (Å²) < 4.78 is 7.86. The highest BCUT2D eigenvalue weighted by Gasteiger charge is 2.21. The molecule has 0 amide bonds. The minimum Gasteiger partial charge on any atom is -0.376 e. The van der Waals surface area contributed by atoms with E-state index in [1.807, 2.05) is 0 Å². The third-order valence-electron chi connectivity index (χ3n) is 4.32. The number of aryl methyl sites for hydroxylation is 1. The predicted molar refractivity (Wildman–Crippen MR) is 75.4 cm³/mol. The Labute approximate surface area is 115 Å². The topological polar surface area (TPSA) is 39.1 Å². The Morgan fingerprint density at radius 3 is 2.84 bits per heavy atom. The average molecular weight is 263 g/mol. The zero-order valence-corrected chi connectivity index (χ0v) is 12.1. The molecule has 1 aromatic heterocycles. The van der Waals surface area contributed by atoms with E-state index in [0.717, 1.165) is 32.2 Å². The maximum atomic E-state index is 5.71. The third kappa shape index (κ3) is 3.18. The van der Waals surface area contributed by atoms with Crippen LogP contribution in [0, 0.1) is 13.8 Å². The summed E-state index contributed by atoms with van der Waals surface area (Å²) in [5.74, 6) is 0. The summed E-state index contributed by atoms with van der Waals surface area (Å²) in [6, 6.07) is 0.794. The van der Waals surface area contributed by atoms with Gasteiger partial charge in [0.05, 0.1) is 18.3 Å². The highest BCUT2D eigenvalue weighted by molar-refractivity contribution is 5.25. The van der Waals surface area contributed by atoms with Crippen molar-refractivity contribution in [3.05, 3.63) is 17.0 Å². The number of hydrogen-bond acceptors (Lipinski definition) is 3. The van der Waals surface area contributed by atoms with E-state index in [9.17, 15) is 0 Å². The van der Waals surface area contributed by atoms with E-state index in [4.69, 9.17) is 9.84 Å². The van der Waals surface area contributed by atoms with Gasteiger partial charge in [0.25, 0.3) is 0 Å². The van der Waals surface area contributed by atoms with Crippen LogP contribution in [0.3, 0.4) is 0 Å². The number of aromatic nitrogens is 2. The molecule has 0 spiro atoms. The Morgan fingerprint density at radius 2 is 2.16 bits per heavy atom. The van der Waals surface area contributed by atoms with Crippen LogP contribution in [0.25, 0.3) is 0 Å². The van der Waals surface area contributed by atoms with Crippen molar-refractivity contribution >= 4 is 0 Å². The zero-order chi connectivity index (χ0) is 13.2. The second kappa shape index (κ2) is 5.63. The molecular weight excluding hydrogens is 238 g/mol. The molecule has 2 heterocycles. The molecule has 2 aliphatic rings. The number of rotatable bonds is 6. The number of ether oxygens (including phenoxy) is 1. The van der Waals surface area contributed by atoms with E-state index < -0.39 is 0 Å². The van der Waals surface area contributed by atoms with E-state index in [2.05, 4.69) is 23.8 Å². The standard InChI is InChI=1S/C15H25N3O/c1-11-15(7-8-16-13-5-6-13)12(2)18(17-11)10-14-4-3-9-19-14/h13-14,16H,3-10H2,1-2H3. The van der Waals surface area contributed by atoms with E-state index in [-0.39, 0.29) is 0 Å². The van der Waals surface area contributed by atoms with Crippen molar-refractivity contribution in [1.82, 2.24) is 15.1 Å². The van der Waals surface area contributed by atoms with Gasteiger partial charge in [0.2, 0.25) is 0 Å². The van der Waals surface area contributed by atoms with Crippen molar-refractivity contribution < 1.29 is 4.74 Å². The van der Waals surface area contributed by atoms with Crippen LogP contribution < -0.4 is 5.32 Å². The summed E-state index contributed by atoms with van der Waals surface area (Å²) >= 11 is 0. The van der Waals surface area contributed by atoms with E-state index in [0.29, 0.717) is 6.10 Å². The Hall–Kier alpha value is -0.870. The van der Waals surface area contributed by atoms with Gasteiger partial charge in [-0.2, -0.15) is 5.10 Å². The van der Waals surface area contributed by atoms with Crippen molar-refractivity contribution in [3.63, 3.8) is 0 Å². The number of nitrogens with one attached hydrogen (secondary N) is 1. The van der Waals surface area contributed by atoms with Crippen molar-refractivity contribution in [1.29, 1.82) is 0 Å². The maximum Gasteiger partial charge on any atom is 0.0771 e. The molecule has 0 radical (unpaired) electrons. The number of nitrogens with zero attached hydrogens (tertiary/aromatic N) is 2. The summed E-state index contributed by atoms with van der Waals surface area (Å²) in [5.41, 5.74) is 3.94. The van der Waals surface area contributed by atoms with Crippen LogP contribution >= 0.6 is 0 Å². The van der Waals surface area contributed by atoms with Gasteiger partial charge >= 0.3 is 0 Å². The zero-order valence-electron chi connectivity index (χ0n) is 12.1. The molecule has 0 bridgehead atoms. The largest absolute Gasteiger partial charge is 0.376 e. The van der Waals surface area contributed by atoms with Crippen LogP contribution in [-0.4, -0.2) is 35.1 Å². The molecule has 2 fully saturated rings. The molecule has 1 unspecified atom stereocenters. The molecule has 1 aromatic rings. The van der Waals surface area contributed by atoms with Crippen LogP contribution in [0.1, 0.15) is 42.6 Å². The fraction of sp³-hybridized carbons (Fsp3) is 0.800. The second-order valence-corrected chi connectivity index (χ2v) is 5.94. The van der Waals surface area contributed by atoms with Crippen LogP contribution in [0.5, 0.6) is 0 Å². The summed E-state index contributed by atoms with van der Waals surface area (Å²) in [5, 5.41) is 8.28. The van der Waals surface area contributed by atoms with Gasteiger partial charge in [-0.15, -0.1) is 0 Å². The third-order valence-corrected chi connectivity index (χ3v) is 4.32. The van der Waals surface area contributed by atoms with Crippen LogP contribution in [0.4, 0.5) is 0 Å². The summed E-state index contributed by atoms with van der Waals surface area (Å²) in [4.78, 5) is 0. The van der Waals surface area contributed by atoms with Crippen molar-refractivity contribution in [2.45, 2.75) is 64.6 Å². The smallest absolute Gasteiger partial charge is 0.0771 e. The minimum absolute atomic E-state index is 0.371. The normalized spacial score (nSPS) is 23.2. The minimum atomic E-state index is 0.371. The van der Waals surface area contributed by atoms with Gasteiger partial charge in [0.1, 0.15) is 0 Å². The van der Waals surface area contributed by atoms with Gasteiger partial charge in [-0.1, -0.05) is 0 Å². The van der Waals surface area contributed by atoms with Gasteiger partial charge in [-0.05, 0) is 58.1 Å². The molecule has 1 N–H and O–H groups in total. The first-order valence-electron chi connectivity index (χ1n) is 7.62. The van der Waals surface area contributed by atoms with Gasteiger partial charge < -0.3 is 10.1 Å². The predicted octanol–water partition coefficient (Wildman–Crippen LogP) is 1.97. The molecule has 4 heteroatoms. The van der Waals surface area contributed by atoms with Gasteiger partial charge in [0.15, 0.2) is 0 Å². The fourth-order valence-electron chi connectivity index (χ4n) is 2.94. The lowest BCUT2D eigenvalue weighted by molar-refractivity contribution is 0.0934. The lowest BCUT2D eigenvalue weighted by Gasteiger charge is -2.11. The van der Waals surface area contributed by atoms with E-state index >= 15 is 0 Å². The molecule has 106 valence electrons. The molecular formula is C15H25N3O. The second-order valence-electron chi connectivity index (χ2n) is 5.94. The molecule has 0 aromatic carbocycles. The molecule has 1 aliphatic carbocycles. The lowest BCUT2D eigenvalue weighted by atomic mass is 10.1. The monoisotopic (exact) mass is 263 g/mol. The van der Waals surface area contributed by atoms with Gasteiger partial charge in [-0.25, -0.2) is 0 Å². The van der Waals surface area contributed by atoms with E-state index in [1.165, 1.54) is 42.6 Å². The first-order valence-corrected chi connectivity index (χ1v) is 7.62. The van der Waals surface area contributed by atoms with Gasteiger partial charge in [0, 0.05) is 18.3 Å². The van der Waals surface area contributed by atoms with Crippen molar-refractivity contribution in [2.75, 3.05) is 13.2 Å². The fourth-order valence-corrected chi connectivity index (χ4v) is 2.94. The molecule has 1 atom stereocenters. The molecule has 1 aliphatic heterocycles. The Bertz CT molecular complexity index is 431.